The zero-order valence-corrected chi connectivity index (χ0v) is 7.25. The number of ether oxygens (including phenoxy) is 1. The summed E-state index contributed by atoms with van der Waals surface area (Å²) in [5.41, 5.74) is 0. The van der Waals surface area contributed by atoms with Gasteiger partial charge >= 0.3 is 23.9 Å². The minimum atomic E-state index is -1.37. The summed E-state index contributed by atoms with van der Waals surface area (Å²) in [5.74, 6) is -5.14. The Kier molecular flexibility index (Phi) is 5.09. The Hall–Kier alpha value is -2.44. The molecule has 0 aliphatic heterocycles. The lowest BCUT2D eigenvalue weighted by Crippen LogP contribution is -2.08. The highest BCUT2D eigenvalue weighted by atomic mass is 16.6. The molecule has 0 rings (SSSR count). The summed E-state index contributed by atoms with van der Waals surface area (Å²) in [6.07, 6.45) is 2.01. The predicted molar refractivity (Wildman–Crippen MR) is 44.7 cm³/mol. The largest absolute Gasteiger partial charge is 0.478 e. The van der Waals surface area contributed by atoms with Crippen LogP contribution in [0.2, 0.25) is 0 Å². The maximum absolute atomic E-state index is 10.6. The van der Waals surface area contributed by atoms with Crippen molar-refractivity contribution in [2.24, 2.45) is 0 Å². The molecule has 0 aromatic heterocycles. The molecule has 80 valence electrons. The smallest absolute Gasteiger partial charge is 0.338 e. The number of hydrogen-bond acceptors (Lipinski definition) is 5. The highest BCUT2D eigenvalue weighted by Crippen LogP contribution is 1.86. The van der Waals surface area contributed by atoms with Crippen LogP contribution in [0.25, 0.3) is 0 Å². The lowest BCUT2D eigenvalue weighted by atomic mass is 10.5. The summed E-state index contributed by atoms with van der Waals surface area (Å²) in [7, 11) is 0. The van der Waals surface area contributed by atoms with E-state index in [1.807, 2.05) is 0 Å². The van der Waals surface area contributed by atoms with E-state index < -0.39 is 23.9 Å². The Morgan fingerprint density at radius 1 is 0.733 bits per heavy atom. The molecule has 0 atom stereocenters. The van der Waals surface area contributed by atoms with Crippen LogP contribution in [-0.4, -0.2) is 34.1 Å². The van der Waals surface area contributed by atoms with Gasteiger partial charge in [0.1, 0.15) is 0 Å². The highest BCUT2D eigenvalue weighted by molar-refractivity contribution is 6.00. The van der Waals surface area contributed by atoms with E-state index in [9.17, 15) is 19.2 Å². The molecule has 0 amide bonds. The average molecular weight is 214 g/mol. The average Bonchev–Trinajstić information content (AvgIpc) is 2.11. The summed E-state index contributed by atoms with van der Waals surface area (Å²) < 4.78 is 3.97. The monoisotopic (exact) mass is 214 g/mol. The van der Waals surface area contributed by atoms with Crippen molar-refractivity contribution in [3.05, 3.63) is 24.3 Å². The molecule has 0 radical (unpaired) electrons. The van der Waals surface area contributed by atoms with Crippen molar-refractivity contribution in [1.82, 2.24) is 0 Å². The van der Waals surface area contributed by atoms with Gasteiger partial charge in [-0.3, -0.25) is 0 Å². The van der Waals surface area contributed by atoms with Crippen molar-refractivity contribution in [1.29, 1.82) is 0 Å². The lowest BCUT2D eigenvalue weighted by Gasteiger charge is -1.92. The number of esters is 2. The second-order valence-corrected chi connectivity index (χ2v) is 2.08. The summed E-state index contributed by atoms with van der Waals surface area (Å²) in [6.45, 7) is 0. The standard InChI is InChI=1S/C8H6O7/c9-5(10)1-3-7(13)15-8(14)4-2-6(11)12/h1-4H,(H,9,10)(H,11,12)/b3-1-,4-2-. The number of hydrogen-bond donors (Lipinski definition) is 2. The molecule has 2 N–H and O–H groups in total. The van der Waals surface area contributed by atoms with Gasteiger partial charge in [-0.25, -0.2) is 19.2 Å². The second kappa shape index (κ2) is 6.08. The van der Waals surface area contributed by atoms with Gasteiger partial charge in [-0.1, -0.05) is 0 Å². The number of carbonyl (C=O) groups excluding carboxylic acids is 2. The first kappa shape index (κ1) is 12.6. The van der Waals surface area contributed by atoms with Crippen molar-refractivity contribution in [3.63, 3.8) is 0 Å². The lowest BCUT2D eigenvalue weighted by molar-refractivity contribution is -0.153. The van der Waals surface area contributed by atoms with Crippen LogP contribution in [0.15, 0.2) is 24.3 Å². The SMILES string of the molecule is O=C(O)/C=C\C(=O)OC(=O)/C=C\C(=O)O. The Morgan fingerprint density at radius 3 is 1.33 bits per heavy atom. The van der Waals surface area contributed by atoms with Gasteiger partial charge < -0.3 is 14.9 Å². The zero-order valence-electron chi connectivity index (χ0n) is 7.25. The summed E-state index contributed by atoms with van der Waals surface area (Å²) in [4.78, 5) is 41.1. The van der Waals surface area contributed by atoms with E-state index in [-0.39, 0.29) is 0 Å². The number of aliphatic carboxylic acids is 2. The molecule has 0 aromatic rings. The molecule has 0 saturated carbocycles. The molecular weight excluding hydrogens is 208 g/mol. The minimum Gasteiger partial charge on any atom is -0.478 e. The van der Waals surface area contributed by atoms with E-state index >= 15 is 0 Å². The van der Waals surface area contributed by atoms with Gasteiger partial charge in [0.05, 0.1) is 0 Å². The molecule has 0 aliphatic carbocycles. The molecule has 0 aliphatic rings. The van der Waals surface area contributed by atoms with Crippen LogP contribution in [-0.2, 0) is 23.9 Å². The number of carbonyl (C=O) groups is 4. The number of rotatable bonds is 4. The van der Waals surface area contributed by atoms with Crippen molar-refractivity contribution in [2.45, 2.75) is 0 Å². The molecule has 0 heterocycles. The fraction of sp³-hybridized carbons (Fsp3) is 0. The molecule has 0 fully saturated rings. The molecule has 0 unspecified atom stereocenters. The predicted octanol–water partition coefficient (Wildman–Crippen LogP) is -0.662. The minimum absolute atomic E-state index is 0.483. The van der Waals surface area contributed by atoms with Crippen LogP contribution in [0.3, 0.4) is 0 Å². The molecular formula is C8H6O7. The first-order valence-electron chi connectivity index (χ1n) is 3.49. The Labute approximate surface area is 83.3 Å². The highest BCUT2D eigenvalue weighted by Gasteiger charge is 2.04. The summed E-state index contributed by atoms with van der Waals surface area (Å²) in [6, 6.07) is 0. The molecule has 0 spiro atoms. The summed E-state index contributed by atoms with van der Waals surface area (Å²) >= 11 is 0. The molecule has 7 heteroatoms. The fourth-order valence-corrected chi connectivity index (χ4v) is 0.446. The first-order valence-corrected chi connectivity index (χ1v) is 3.49. The van der Waals surface area contributed by atoms with E-state index in [0.29, 0.717) is 24.3 Å². The van der Waals surface area contributed by atoms with Crippen LogP contribution in [0.4, 0.5) is 0 Å². The molecule has 7 nitrogen and oxygen atoms in total. The van der Waals surface area contributed by atoms with Crippen LogP contribution in [0.1, 0.15) is 0 Å². The third kappa shape index (κ3) is 7.91. The van der Waals surface area contributed by atoms with Gasteiger partial charge in [-0.2, -0.15) is 0 Å². The second-order valence-electron chi connectivity index (χ2n) is 2.08. The van der Waals surface area contributed by atoms with Crippen LogP contribution >= 0.6 is 0 Å². The van der Waals surface area contributed by atoms with E-state index in [0.717, 1.165) is 0 Å². The molecule has 0 saturated heterocycles. The van der Waals surface area contributed by atoms with E-state index in [2.05, 4.69) is 4.74 Å². The maximum Gasteiger partial charge on any atom is 0.338 e. The van der Waals surface area contributed by atoms with E-state index in [4.69, 9.17) is 10.2 Å². The van der Waals surface area contributed by atoms with Gasteiger partial charge in [0.25, 0.3) is 0 Å². The topological polar surface area (TPSA) is 118 Å². The van der Waals surface area contributed by atoms with Crippen molar-refractivity contribution < 1.29 is 34.1 Å². The van der Waals surface area contributed by atoms with Gasteiger partial charge in [-0.15, -0.1) is 0 Å². The van der Waals surface area contributed by atoms with Crippen LogP contribution in [0, 0.1) is 0 Å². The van der Waals surface area contributed by atoms with Crippen molar-refractivity contribution >= 4 is 23.9 Å². The van der Waals surface area contributed by atoms with Crippen molar-refractivity contribution in [2.75, 3.05) is 0 Å². The van der Waals surface area contributed by atoms with Gasteiger partial charge in [0.15, 0.2) is 0 Å². The van der Waals surface area contributed by atoms with Crippen LogP contribution < -0.4 is 0 Å². The zero-order chi connectivity index (χ0) is 11.8. The first-order chi connectivity index (χ1) is 6.91. The van der Waals surface area contributed by atoms with Gasteiger partial charge in [-0.05, 0) is 0 Å². The Bertz CT molecular complexity index is 316. The normalized spacial score (nSPS) is 10.4. The van der Waals surface area contributed by atoms with E-state index in [1.54, 1.807) is 0 Å². The quantitative estimate of drug-likeness (QED) is 0.362. The molecule has 0 aromatic carbocycles. The third-order valence-corrected chi connectivity index (χ3v) is 0.925. The molecule has 15 heavy (non-hydrogen) atoms. The Balaban J connectivity index is 4.14. The fourth-order valence-electron chi connectivity index (χ4n) is 0.446. The Morgan fingerprint density at radius 2 is 1.07 bits per heavy atom. The van der Waals surface area contributed by atoms with Crippen LogP contribution in [0.5, 0.6) is 0 Å². The molecule has 0 bridgehead atoms. The summed E-state index contributed by atoms with van der Waals surface area (Å²) in [5, 5.41) is 16.2. The maximum atomic E-state index is 10.6. The van der Waals surface area contributed by atoms with Crippen molar-refractivity contribution in [3.8, 4) is 0 Å². The van der Waals surface area contributed by atoms with Gasteiger partial charge in [0.2, 0.25) is 0 Å². The number of carboxylic acid groups (broad SMARTS) is 2. The van der Waals surface area contributed by atoms with E-state index in [1.165, 1.54) is 0 Å². The number of carboxylic acids is 2. The third-order valence-electron chi connectivity index (χ3n) is 0.925. The van der Waals surface area contributed by atoms with Gasteiger partial charge in [0, 0.05) is 24.3 Å².